The molecule has 0 unspecified atom stereocenters. The molecule has 3 N–H and O–H groups in total. The van der Waals surface area contributed by atoms with E-state index in [1.807, 2.05) is 12.1 Å². The zero-order valence-corrected chi connectivity index (χ0v) is 6.36. The van der Waals surface area contributed by atoms with E-state index in [-0.39, 0.29) is 0 Å². The summed E-state index contributed by atoms with van der Waals surface area (Å²) in [4.78, 5) is 3.91. The molecule has 0 saturated heterocycles. The van der Waals surface area contributed by atoms with Gasteiger partial charge in [-0.2, -0.15) is 5.10 Å². The van der Waals surface area contributed by atoms with E-state index >= 15 is 0 Å². The number of aromatic amines is 1. The van der Waals surface area contributed by atoms with Crippen molar-refractivity contribution in [2.24, 2.45) is 0 Å². The first-order valence-corrected chi connectivity index (χ1v) is 3.57. The maximum absolute atomic E-state index is 5.66. The lowest BCUT2D eigenvalue weighted by Crippen LogP contribution is -1.86. The topological polar surface area (TPSA) is 67.6 Å². The van der Waals surface area contributed by atoms with Crippen LogP contribution >= 0.6 is 0 Å². The Morgan fingerprint density at radius 1 is 1.25 bits per heavy atom. The zero-order chi connectivity index (χ0) is 8.39. The largest absolute Gasteiger partial charge is 0.396 e. The van der Waals surface area contributed by atoms with Gasteiger partial charge in [-0.3, -0.25) is 10.1 Å². The minimum absolute atomic E-state index is 0.654. The molecular formula is C8H8N4. The second-order valence-corrected chi connectivity index (χ2v) is 2.44. The highest BCUT2D eigenvalue weighted by Crippen LogP contribution is 2.20. The molecule has 0 aliphatic heterocycles. The molecule has 0 amide bonds. The van der Waals surface area contributed by atoms with Crippen LogP contribution in [0.4, 0.5) is 5.69 Å². The quantitative estimate of drug-likeness (QED) is 0.655. The molecule has 60 valence electrons. The number of nitrogens with one attached hydrogen (secondary N) is 1. The van der Waals surface area contributed by atoms with Gasteiger partial charge in [0.1, 0.15) is 0 Å². The molecule has 0 aliphatic rings. The molecule has 2 aromatic rings. The monoisotopic (exact) mass is 160 g/mol. The van der Waals surface area contributed by atoms with Gasteiger partial charge in [-0.05, 0) is 12.1 Å². The Kier molecular flexibility index (Phi) is 1.51. The van der Waals surface area contributed by atoms with E-state index in [9.17, 15) is 0 Å². The second-order valence-electron chi connectivity index (χ2n) is 2.44. The Morgan fingerprint density at radius 2 is 2.00 bits per heavy atom. The van der Waals surface area contributed by atoms with Crippen LogP contribution in [-0.4, -0.2) is 15.2 Å². The molecule has 0 radical (unpaired) electrons. The molecule has 0 bridgehead atoms. The predicted molar refractivity (Wildman–Crippen MR) is 46.2 cm³/mol. The third-order valence-electron chi connectivity index (χ3n) is 1.64. The summed E-state index contributed by atoms with van der Waals surface area (Å²) in [5, 5.41) is 6.65. The molecule has 0 spiro atoms. The highest BCUT2D eigenvalue weighted by molar-refractivity contribution is 5.71. The van der Waals surface area contributed by atoms with Crippen molar-refractivity contribution in [1.82, 2.24) is 15.2 Å². The van der Waals surface area contributed by atoms with Crippen LogP contribution in [0.1, 0.15) is 0 Å². The lowest BCUT2D eigenvalue weighted by molar-refractivity contribution is 1.09. The smallest absolute Gasteiger partial charge is 0.0881 e. The summed E-state index contributed by atoms with van der Waals surface area (Å²) in [5.74, 6) is 0. The molecule has 0 fully saturated rings. The fourth-order valence-corrected chi connectivity index (χ4v) is 1.05. The first kappa shape index (κ1) is 6.84. The van der Waals surface area contributed by atoms with Crippen LogP contribution in [0.5, 0.6) is 0 Å². The molecule has 2 rings (SSSR count). The number of rotatable bonds is 1. The van der Waals surface area contributed by atoms with Crippen molar-refractivity contribution in [2.45, 2.75) is 0 Å². The molecule has 4 nitrogen and oxygen atoms in total. The Bertz CT molecular complexity index is 366. The van der Waals surface area contributed by atoms with Crippen molar-refractivity contribution in [1.29, 1.82) is 0 Å². The highest BCUT2D eigenvalue weighted by Gasteiger charge is 2.02. The van der Waals surface area contributed by atoms with E-state index in [4.69, 9.17) is 5.73 Å². The van der Waals surface area contributed by atoms with Gasteiger partial charge in [-0.1, -0.05) is 0 Å². The summed E-state index contributed by atoms with van der Waals surface area (Å²) in [7, 11) is 0. The van der Waals surface area contributed by atoms with Crippen LogP contribution in [0.2, 0.25) is 0 Å². The maximum atomic E-state index is 5.66. The van der Waals surface area contributed by atoms with E-state index in [1.54, 1.807) is 18.6 Å². The van der Waals surface area contributed by atoms with Crippen molar-refractivity contribution in [3.8, 4) is 11.3 Å². The van der Waals surface area contributed by atoms with Crippen molar-refractivity contribution in [3.05, 3.63) is 30.7 Å². The van der Waals surface area contributed by atoms with E-state index < -0.39 is 0 Å². The van der Waals surface area contributed by atoms with Crippen LogP contribution < -0.4 is 5.73 Å². The second kappa shape index (κ2) is 2.65. The van der Waals surface area contributed by atoms with Crippen molar-refractivity contribution >= 4 is 5.69 Å². The Morgan fingerprint density at radius 3 is 2.58 bits per heavy atom. The summed E-state index contributed by atoms with van der Waals surface area (Å²) >= 11 is 0. The predicted octanol–water partition coefficient (Wildman–Crippen LogP) is 1.05. The van der Waals surface area contributed by atoms with E-state index in [2.05, 4.69) is 15.2 Å². The Balaban J connectivity index is 2.51. The van der Waals surface area contributed by atoms with E-state index in [0.29, 0.717) is 5.69 Å². The first-order chi connectivity index (χ1) is 5.88. The Labute approximate surface area is 69.4 Å². The Hall–Kier alpha value is -1.84. The molecule has 0 saturated carbocycles. The summed E-state index contributed by atoms with van der Waals surface area (Å²) in [6.45, 7) is 0. The minimum Gasteiger partial charge on any atom is -0.396 e. The van der Waals surface area contributed by atoms with Gasteiger partial charge in [0.05, 0.1) is 17.6 Å². The van der Waals surface area contributed by atoms with Crippen molar-refractivity contribution in [3.63, 3.8) is 0 Å². The fraction of sp³-hybridized carbons (Fsp3) is 0. The number of nitrogens with two attached hydrogens (primary N) is 1. The van der Waals surface area contributed by atoms with Crippen molar-refractivity contribution in [2.75, 3.05) is 5.73 Å². The molecule has 2 aromatic heterocycles. The third kappa shape index (κ3) is 1.03. The zero-order valence-electron chi connectivity index (χ0n) is 6.36. The van der Waals surface area contributed by atoms with Crippen LogP contribution in [0.15, 0.2) is 30.7 Å². The van der Waals surface area contributed by atoms with Gasteiger partial charge < -0.3 is 5.73 Å². The van der Waals surface area contributed by atoms with Gasteiger partial charge >= 0.3 is 0 Å². The molecule has 12 heavy (non-hydrogen) atoms. The third-order valence-corrected chi connectivity index (χ3v) is 1.64. The molecule has 0 atom stereocenters. The normalized spacial score (nSPS) is 10.0. The van der Waals surface area contributed by atoms with Crippen LogP contribution in [0.25, 0.3) is 11.3 Å². The molecule has 0 aromatic carbocycles. The van der Waals surface area contributed by atoms with E-state index in [1.165, 1.54) is 0 Å². The molecular weight excluding hydrogens is 152 g/mol. The highest BCUT2D eigenvalue weighted by atomic mass is 15.1. The number of anilines is 1. The number of hydrogen-bond donors (Lipinski definition) is 2. The van der Waals surface area contributed by atoms with Gasteiger partial charge in [-0.15, -0.1) is 0 Å². The fourth-order valence-electron chi connectivity index (χ4n) is 1.05. The SMILES string of the molecule is Nc1cn[nH]c1-c1ccncc1. The summed E-state index contributed by atoms with van der Waals surface area (Å²) in [5.41, 5.74) is 8.16. The lowest BCUT2D eigenvalue weighted by atomic mass is 10.2. The molecule has 4 heteroatoms. The number of nitrogens with zero attached hydrogens (tertiary/aromatic N) is 2. The summed E-state index contributed by atoms with van der Waals surface area (Å²) < 4.78 is 0. The average molecular weight is 160 g/mol. The summed E-state index contributed by atoms with van der Waals surface area (Å²) in [6.07, 6.45) is 5.03. The van der Waals surface area contributed by atoms with Gasteiger partial charge in [0.2, 0.25) is 0 Å². The summed E-state index contributed by atoms with van der Waals surface area (Å²) in [6, 6.07) is 3.76. The standard InChI is InChI=1S/C8H8N4/c9-7-5-11-12-8(7)6-1-3-10-4-2-6/h1-5H,9H2,(H,11,12). The number of hydrogen-bond acceptors (Lipinski definition) is 3. The van der Waals surface area contributed by atoms with Gasteiger partial charge in [0.15, 0.2) is 0 Å². The van der Waals surface area contributed by atoms with Crippen LogP contribution in [-0.2, 0) is 0 Å². The molecule has 2 heterocycles. The van der Waals surface area contributed by atoms with Crippen LogP contribution in [0.3, 0.4) is 0 Å². The minimum atomic E-state index is 0.654. The van der Waals surface area contributed by atoms with E-state index in [0.717, 1.165) is 11.3 Å². The first-order valence-electron chi connectivity index (χ1n) is 3.57. The maximum Gasteiger partial charge on any atom is 0.0881 e. The number of nitrogen functional groups attached to an aromatic ring is 1. The van der Waals surface area contributed by atoms with Crippen molar-refractivity contribution < 1.29 is 0 Å². The van der Waals surface area contributed by atoms with Gasteiger partial charge in [0.25, 0.3) is 0 Å². The lowest BCUT2D eigenvalue weighted by Gasteiger charge is -1.96. The number of H-pyrrole nitrogens is 1. The van der Waals surface area contributed by atoms with Gasteiger partial charge in [-0.25, -0.2) is 0 Å². The van der Waals surface area contributed by atoms with Crippen LogP contribution in [0, 0.1) is 0 Å². The number of aromatic nitrogens is 3. The van der Waals surface area contributed by atoms with Gasteiger partial charge in [0, 0.05) is 18.0 Å². The molecule has 0 aliphatic carbocycles. The average Bonchev–Trinajstić information content (AvgIpc) is 2.53. The number of pyridine rings is 1.